The van der Waals surface area contributed by atoms with Crippen molar-refractivity contribution in [2.75, 3.05) is 41.0 Å². The second-order valence-electron chi connectivity index (χ2n) is 11.9. The summed E-state index contributed by atoms with van der Waals surface area (Å²) in [5.41, 5.74) is 3.83. The number of benzene rings is 2. The van der Waals surface area contributed by atoms with Gasteiger partial charge in [0.2, 0.25) is 5.91 Å². The van der Waals surface area contributed by atoms with E-state index in [2.05, 4.69) is 6.92 Å². The van der Waals surface area contributed by atoms with Crippen LogP contribution in [0, 0.1) is 5.92 Å². The zero-order chi connectivity index (χ0) is 31.5. The first-order chi connectivity index (χ1) is 21.1. The lowest BCUT2D eigenvalue weighted by Gasteiger charge is -2.49. The van der Waals surface area contributed by atoms with E-state index in [1.54, 1.807) is 25.1 Å². The molecule has 3 unspecified atom stereocenters. The molecule has 9 nitrogen and oxygen atoms in total. The smallest absolute Gasteiger partial charge is 0.410 e. The summed E-state index contributed by atoms with van der Waals surface area (Å²) in [5, 5.41) is 0.841. The van der Waals surface area contributed by atoms with Gasteiger partial charge in [-0.1, -0.05) is 66.5 Å². The van der Waals surface area contributed by atoms with Gasteiger partial charge < -0.3 is 24.0 Å². The van der Waals surface area contributed by atoms with E-state index in [9.17, 15) is 14.4 Å². The molecule has 5 rings (SSSR count). The second kappa shape index (κ2) is 13.9. The number of amides is 3. The molecule has 2 bridgehead atoms. The first-order valence-electron chi connectivity index (χ1n) is 14.9. The molecule has 44 heavy (non-hydrogen) atoms. The van der Waals surface area contributed by atoms with Crippen LogP contribution < -0.4 is 0 Å². The molecule has 3 aliphatic rings. The number of fused-ring (bicyclic) bond motifs is 2. The number of hydrogen-bond acceptors (Lipinski definition) is 6. The fourth-order valence-corrected chi connectivity index (χ4v) is 6.51. The van der Waals surface area contributed by atoms with Crippen LogP contribution in [-0.2, 0) is 37.0 Å². The predicted molar refractivity (Wildman–Crippen MR) is 168 cm³/mol. The Kier molecular flexibility index (Phi) is 10.2. The van der Waals surface area contributed by atoms with Crippen LogP contribution in [0.5, 0.6) is 0 Å². The number of methoxy groups -OCH3 is 2. The average Bonchev–Trinajstić information content (AvgIpc) is 3.85. The maximum Gasteiger partial charge on any atom is 0.410 e. The summed E-state index contributed by atoms with van der Waals surface area (Å²) in [7, 11) is 4.67. The van der Waals surface area contributed by atoms with Gasteiger partial charge in [-0.3, -0.25) is 14.5 Å². The van der Waals surface area contributed by atoms with Crippen molar-refractivity contribution in [2.24, 2.45) is 5.92 Å². The fraction of sp³-hybridized carbons (Fsp3) is 0.485. The predicted octanol–water partition coefficient (Wildman–Crippen LogP) is 5.42. The molecule has 2 fully saturated rings. The zero-order valence-electron chi connectivity index (χ0n) is 25.6. The molecule has 236 valence electrons. The van der Waals surface area contributed by atoms with Gasteiger partial charge in [-0.2, -0.15) is 0 Å². The molecule has 1 saturated carbocycles. The number of hydrogen-bond donors (Lipinski definition) is 0. The van der Waals surface area contributed by atoms with Crippen LogP contribution in [0.1, 0.15) is 42.9 Å². The molecule has 2 heterocycles. The standard InChI is InChI=1S/C33H39Cl2N3O6/c1-20(17-42-3)18-44-19-21-8-10-22(11-9-21)25-14-27-31(39)36(2)16-28(38(27)33(41)43-4)29(25)32(40)37(24-12-13-24)15-23-6-5-7-26(34)30(23)35/h5-11,20,24,27-28H,12-19H2,1-4H3. The summed E-state index contributed by atoms with van der Waals surface area (Å²) in [5.74, 6) is -0.0851. The minimum atomic E-state index is -0.778. The number of carbonyl (C=O) groups excluding carboxylic acids is 3. The summed E-state index contributed by atoms with van der Waals surface area (Å²) < 4.78 is 16.2. The third-order valence-corrected chi connectivity index (χ3v) is 9.35. The molecular weight excluding hydrogens is 605 g/mol. The number of likely N-dealkylation sites (N-methyl/N-ethyl adjacent to an activating group) is 1. The summed E-state index contributed by atoms with van der Waals surface area (Å²) in [6, 6.07) is 11.9. The molecule has 3 atom stereocenters. The summed E-state index contributed by atoms with van der Waals surface area (Å²) in [6.45, 7) is 4.18. The maximum atomic E-state index is 14.7. The number of carbonyl (C=O) groups is 3. The molecule has 0 aromatic heterocycles. The van der Waals surface area contributed by atoms with E-state index >= 15 is 0 Å². The highest BCUT2D eigenvalue weighted by Gasteiger charge is 2.51. The monoisotopic (exact) mass is 643 g/mol. The fourth-order valence-electron chi connectivity index (χ4n) is 6.13. The van der Waals surface area contributed by atoms with Crippen molar-refractivity contribution >= 4 is 46.7 Å². The van der Waals surface area contributed by atoms with Gasteiger partial charge in [0.05, 0.1) is 43.0 Å². The molecule has 1 aliphatic carbocycles. The topological polar surface area (TPSA) is 88.6 Å². The van der Waals surface area contributed by atoms with Gasteiger partial charge in [0.25, 0.3) is 5.91 Å². The van der Waals surface area contributed by atoms with Gasteiger partial charge >= 0.3 is 6.09 Å². The van der Waals surface area contributed by atoms with Crippen LogP contribution in [0.25, 0.3) is 5.57 Å². The molecule has 1 saturated heterocycles. The Morgan fingerprint density at radius 1 is 1.05 bits per heavy atom. The lowest BCUT2D eigenvalue weighted by molar-refractivity contribution is -0.143. The van der Waals surface area contributed by atoms with Crippen LogP contribution >= 0.6 is 23.2 Å². The highest BCUT2D eigenvalue weighted by atomic mass is 35.5. The largest absolute Gasteiger partial charge is 0.453 e. The van der Waals surface area contributed by atoms with Crippen molar-refractivity contribution in [1.29, 1.82) is 0 Å². The van der Waals surface area contributed by atoms with Crippen molar-refractivity contribution in [3.63, 3.8) is 0 Å². The zero-order valence-corrected chi connectivity index (χ0v) is 27.1. The van der Waals surface area contributed by atoms with Crippen LogP contribution in [0.4, 0.5) is 4.79 Å². The Bertz CT molecular complexity index is 1430. The lowest BCUT2D eigenvalue weighted by Crippen LogP contribution is -2.66. The highest BCUT2D eigenvalue weighted by Crippen LogP contribution is 2.42. The van der Waals surface area contributed by atoms with Crippen LogP contribution in [0.2, 0.25) is 10.0 Å². The maximum absolute atomic E-state index is 14.7. The van der Waals surface area contributed by atoms with Crippen LogP contribution in [-0.4, -0.2) is 91.8 Å². The molecule has 0 spiro atoms. The lowest BCUT2D eigenvalue weighted by atomic mass is 9.81. The molecule has 0 N–H and O–H groups in total. The Morgan fingerprint density at radius 2 is 1.77 bits per heavy atom. The van der Waals surface area contributed by atoms with Crippen LogP contribution in [0.15, 0.2) is 48.0 Å². The molecule has 2 aromatic rings. The van der Waals surface area contributed by atoms with Gasteiger partial charge in [-0.05, 0) is 41.2 Å². The van der Waals surface area contributed by atoms with E-state index in [1.807, 2.05) is 41.3 Å². The summed E-state index contributed by atoms with van der Waals surface area (Å²) in [6.07, 6.45) is 1.31. The SMILES string of the molecule is COCC(C)COCc1ccc(C2=C(C(=O)N(Cc3cccc(Cl)c3Cl)C3CC3)C3CN(C)C(=O)C(C2)N3C(=O)OC)cc1. The van der Waals surface area contributed by atoms with Gasteiger partial charge in [-0.25, -0.2) is 4.79 Å². The highest BCUT2D eigenvalue weighted by molar-refractivity contribution is 6.42. The minimum Gasteiger partial charge on any atom is -0.453 e. The number of nitrogens with zero attached hydrogens (tertiary/aromatic N) is 3. The molecule has 0 radical (unpaired) electrons. The third kappa shape index (κ3) is 6.76. The Morgan fingerprint density at radius 3 is 2.43 bits per heavy atom. The van der Waals surface area contributed by atoms with E-state index < -0.39 is 18.2 Å². The first-order valence-corrected chi connectivity index (χ1v) is 15.6. The van der Waals surface area contributed by atoms with E-state index in [4.69, 9.17) is 37.4 Å². The molecule has 3 amide bonds. The molecule has 2 aromatic carbocycles. The van der Waals surface area contributed by atoms with Gasteiger partial charge in [0, 0.05) is 51.2 Å². The number of rotatable bonds is 11. The van der Waals surface area contributed by atoms with Gasteiger partial charge in [0.15, 0.2) is 0 Å². The second-order valence-corrected chi connectivity index (χ2v) is 12.7. The quantitative estimate of drug-likeness (QED) is 0.325. The van der Waals surface area contributed by atoms with Crippen molar-refractivity contribution < 1.29 is 28.6 Å². The van der Waals surface area contributed by atoms with Crippen molar-refractivity contribution in [3.05, 3.63) is 74.8 Å². The normalized spacial score (nSPS) is 20.5. The molecule has 2 aliphatic heterocycles. The first kappa shape index (κ1) is 32.3. The van der Waals surface area contributed by atoms with E-state index in [1.165, 1.54) is 12.0 Å². The van der Waals surface area contributed by atoms with E-state index in [0.717, 1.165) is 35.1 Å². The molecular formula is C33H39Cl2N3O6. The number of halogens is 2. The number of piperazine rings is 1. The number of ether oxygens (including phenoxy) is 3. The minimum absolute atomic E-state index is 0.0403. The summed E-state index contributed by atoms with van der Waals surface area (Å²) in [4.78, 5) is 46.1. The van der Waals surface area contributed by atoms with Crippen LogP contribution in [0.3, 0.4) is 0 Å². The van der Waals surface area contributed by atoms with Crippen molar-refractivity contribution in [2.45, 2.75) is 57.5 Å². The Balaban J connectivity index is 1.53. The van der Waals surface area contributed by atoms with Gasteiger partial charge in [-0.15, -0.1) is 0 Å². The Hall–Kier alpha value is -3.11. The third-order valence-electron chi connectivity index (χ3n) is 8.50. The van der Waals surface area contributed by atoms with Crippen molar-refractivity contribution in [1.82, 2.24) is 14.7 Å². The van der Waals surface area contributed by atoms with Crippen molar-refractivity contribution in [3.8, 4) is 0 Å². The van der Waals surface area contributed by atoms with Gasteiger partial charge in [0.1, 0.15) is 6.04 Å². The Labute approximate surface area is 268 Å². The van der Waals surface area contributed by atoms with E-state index in [0.29, 0.717) is 35.4 Å². The molecule has 11 heteroatoms. The summed E-state index contributed by atoms with van der Waals surface area (Å²) >= 11 is 12.9. The average molecular weight is 645 g/mol. The van der Waals surface area contributed by atoms with E-state index in [-0.39, 0.29) is 43.3 Å².